The maximum absolute atomic E-state index is 13.1. The zero-order chi connectivity index (χ0) is 18.6. The molecular weight excluding hydrogens is 372 g/mol. The van der Waals surface area contributed by atoms with E-state index in [0.29, 0.717) is 24.4 Å². The molecule has 1 fully saturated rings. The number of carbonyl (C=O) groups is 1. The van der Waals surface area contributed by atoms with Crippen LogP contribution >= 0.6 is 11.6 Å². The van der Waals surface area contributed by atoms with E-state index in [4.69, 9.17) is 11.6 Å². The Labute approximate surface area is 159 Å². The molecule has 0 radical (unpaired) electrons. The molecule has 0 aliphatic carbocycles. The summed E-state index contributed by atoms with van der Waals surface area (Å²) in [6.45, 7) is 0.784. The highest BCUT2D eigenvalue weighted by molar-refractivity contribution is 7.89. The van der Waals surface area contributed by atoms with E-state index < -0.39 is 16.1 Å². The van der Waals surface area contributed by atoms with Crippen LogP contribution in [-0.2, 0) is 21.2 Å². The number of hydrogen-bond donors (Lipinski definition) is 1. The fourth-order valence-electron chi connectivity index (χ4n) is 3.12. The van der Waals surface area contributed by atoms with Gasteiger partial charge in [-0.25, -0.2) is 8.42 Å². The van der Waals surface area contributed by atoms with E-state index in [2.05, 4.69) is 5.32 Å². The van der Waals surface area contributed by atoms with Crippen molar-refractivity contribution in [2.24, 2.45) is 0 Å². The van der Waals surface area contributed by atoms with Crippen LogP contribution in [-0.4, -0.2) is 37.8 Å². The van der Waals surface area contributed by atoms with E-state index in [1.165, 1.54) is 16.4 Å². The third-order valence-electron chi connectivity index (χ3n) is 4.47. The number of carbonyl (C=O) groups excluding carboxylic acids is 1. The molecule has 1 unspecified atom stereocenters. The van der Waals surface area contributed by atoms with Gasteiger partial charge in [0, 0.05) is 18.1 Å². The second-order valence-corrected chi connectivity index (χ2v) is 8.58. The van der Waals surface area contributed by atoms with Crippen molar-refractivity contribution in [2.45, 2.75) is 30.2 Å². The fraction of sp³-hybridized carbons (Fsp3) is 0.316. The molecule has 2 aromatic rings. The van der Waals surface area contributed by atoms with Crippen LogP contribution in [0.1, 0.15) is 18.4 Å². The Morgan fingerprint density at radius 1 is 1.08 bits per heavy atom. The molecule has 0 spiro atoms. The summed E-state index contributed by atoms with van der Waals surface area (Å²) < 4.78 is 27.6. The Bertz CT molecular complexity index is 854. The lowest BCUT2D eigenvalue weighted by Gasteiger charge is -2.26. The summed E-state index contributed by atoms with van der Waals surface area (Å²) in [5.74, 6) is -0.234. The monoisotopic (exact) mass is 392 g/mol. The van der Waals surface area contributed by atoms with E-state index in [-0.39, 0.29) is 17.3 Å². The summed E-state index contributed by atoms with van der Waals surface area (Å²) in [7, 11) is -3.77. The second-order valence-electron chi connectivity index (χ2n) is 6.25. The van der Waals surface area contributed by atoms with Gasteiger partial charge in [-0.05, 0) is 49.1 Å². The summed E-state index contributed by atoms with van der Waals surface area (Å²) in [6, 6.07) is 15.3. The predicted molar refractivity (Wildman–Crippen MR) is 102 cm³/mol. The zero-order valence-electron chi connectivity index (χ0n) is 14.3. The lowest BCUT2D eigenvalue weighted by Crippen LogP contribution is -2.45. The van der Waals surface area contributed by atoms with Gasteiger partial charge in [-0.15, -0.1) is 0 Å². The summed E-state index contributed by atoms with van der Waals surface area (Å²) in [5.41, 5.74) is 1.15. The molecule has 5 nitrogen and oxygen atoms in total. The van der Waals surface area contributed by atoms with Gasteiger partial charge in [0.25, 0.3) is 0 Å². The van der Waals surface area contributed by atoms with Crippen molar-refractivity contribution >= 4 is 27.5 Å². The van der Waals surface area contributed by atoms with E-state index in [0.717, 1.165) is 12.0 Å². The first-order valence-corrected chi connectivity index (χ1v) is 10.4. The maximum atomic E-state index is 13.1. The predicted octanol–water partition coefficient (Wildman–Crippen LogP) is 2.85. The van der Waals surface area contributed by atoms with Gasteiger partial charge in [0.05, 0.1) is 4.90 Å². The quantitative estimate of drug-likeness (QED) is 0.787. The summed E-state index contributed by atoms with van der Waals surface area (Å²) in [5, 5.41) is 3.20. The molecule has 2 aromatic carbocycles. The van der Waals surface area contributed by atoms with Crippen molar-refractivity contribution in [3.05, 3.63) is 65.2 Å². The van der Waals surface area contributed by atoms with Crippen molar-refractivity contribution in [2.75, 3.05) is 13.1 Å². The molecule has 0 saturated carbocycles. The van der Waals surface area contributed by atoms with Crippen LogP contribution in [0.4, 0.5) is 0 Å². The molecule has 1 N–H and O–H groups in total. The van der Waals surface area contributed by atoms with E-state index in [9.17, 15) is 13.2 Å². The molecule has 1 heterocycles. The number of nitrogens with zero attached hydrogens (tertiary/aromatic N) is 1. The molecule has 1 amide bonds. The topological polar surface area (TPSA) is 66.5 Å². The van der Waals surface area contributed by atoms with E-state index >= 15 is 0 Å². The van der Waals surface area contributed by atoms with E-state index in [1.54, 1.807) is 12.1 Å². The van der Waals surface area contributed by atoms with Crippen molar-refractivity contribution in [1.29, 1.82) is 0 Å². The minimum Gasteiger partial charge on any atom is -0.355 e. The number of hydrogen-bond acceptors (Lipinski definition) is 3. The van der Waals surface area contributed by atoms with Crippen molar-refractivity contribution in [1.82, 2.24) is 9.62 Å². The minimum absolute atomic E-state index is 0.154. The molecule has 138 valence electrons. The number of rotatable bonds is 7. The Morgan fingerprint density at radius 2 is 1.77 bits per heavy atom. The smallest absolute Gasteiger partial charge is 0.243 e. The molecule has 1 aliphatic heterocycles. The Kier molecular flexibility index (Phi) is 5.96. The Morgan fingerprint density at radius 3 is 2.38 bits per heavy atom. The highest BCUT2D eigenvalue weighted by atomic mass is 35.5. The van der Waals surface area contributed by atoms with Gasteiger partial charge < -0.3 is 5.32 Å². The van der Waals surface area contributed by atoms with Crippen LogP contribution in [0.25, 0.3) is 0 Å². The van der Waals surface area contributed by atoms with Gasteiger partial charge in [0.15, 0.2) is 0 Å². The molecule has 26 heavy (non-hydrogen) atoms. The Hall–Kier alpha value is -1.89. The van der Waals surface area contributed by atoms with Gasteiger partial charge in [0.1, 0.15) is 6.04 Å². The average Bonchev–Trinajstić information content (AvgIpc) is 3.05. The first-order chi connectivity index (χ1) is 12.5. The van der Waals surface area contributed by atoms with Gasteiger partial charge in [-0.2, -0.15) is 4.31 Å². The third-order valence-corrected chi connectivity index (χ3v) is 6.65. The first-order valence-electron chi connectivity index (χ1n) is 8.57. The van der Waals surface area contributed by atoms with Crippen LogP contribution < -0.4 is 5.32 Å². The van der Waals surface area contributed by atoms with Crippen LogP contribution in [0.15, 0.2) is 59.5 Å². The van der Waals surface area contributed by atoms with Crippen LogP contribution in [0.5, 0.6) is 0 Å². The summed E-state index contributed by atoms with van der Waals surface area (Å²) in [4.78, 5) is 12.3. The largest absolute Gasteiger partial charge is 0.355 e. The molecule has 1 atom stereocenters. The van der Waals surface area contributed by atoms with Crippen molar-refractivity contribution in [3.63, 3.8) is 0 Å². The first kappa shape index (κ1) is 18.9. The molecular formula is C19H21ClN2O3S. The third kappa shape index (κ3) is 4.26. The maximum Gasteiger partial charge on any atom is 0.243 e. The van der Waals surface area contributed by atoms with Gasteiger partial charge >= 0.3 is 0 Å². The van der Waals surface area contributed by atoms with Crippen molar-refractivity contribution in [3.8, 4) is 0 Å². The lowest BCUT2D eigenvalue weighted by atomic mass is 10.1. The molecule has 1 aliphatic rings. The molecule has 0 bridgehead atoms. The SMILES string of the molecule is O=C1NCCC1N(CCCc1ccccc1)S(=O)(=O)c1ccc(Cl)cc1. The highest BCUT2D eigenvalue weighted by Crippen LogP contribution is 2.24. The number of nitrogens with one attached hydrogen (secondary N) is 1. The van der Waals surface area contributed by atoms with Crippen LogP contribution in [0.2, 0.25) is 5.02 Å². The molecule has 7 heteroatoms. The van der Waals surface area contributed by atoms with Crippen molar-refractivity contribution < 1.29 is 13.2 Å². The summed E-state index contributed by atoms with van der Waals surface area (Å²) >= 11 is 5.87. The number of aryl methyl sites for hydroxylation is 1. The molecule has 3 rings (SSSR count). The zero-order valence-corrected chi connectivity index (χ0v) is 15.8. The van der Waals surface area contributed by atoms with Gasteiger partial charge in [-0.1, -0.05) is 41.9 Å². The van der Waals surface area contributed by atoms with Crippen LogP contribution in [0.3, 0.4) is 0 Å². The number of halogens is 1. The normalized spacial score (nSPS) is 17.5. The Balaban J connectivity index is 1.80. The van der Waals surface area contributed by atoms with Gasteiger partial charge in [-0.3, -0.25) is 4.79 Å². The molecule has 1 saturated heterocycles. The second kappa shape index (κ2) is 8.20. The average molecular weight is 393 g/mol. The summed E-state index contributed by atoms with van der Waals surface area (Å²) in [6.07, 6.45) is 1.87. The van der Waals surface area contributed by atoms with E-state index in [1.807, 2.05) is 30.3 Å². The number of sulfonamides is 1. The fourth-order valence-corrected chi connectivity index (χ4v) is 4.91. The van der Waals surface area contributed by atoms with Gasteiger partial charge in [0.2, 0.25) is 15.9 Å². The highest BCUT2D eigenvalue weighted by Gasteiger charge is 2.37. The van der Waals surface area contributed by atoms with Crippen LogP contribution in [0, 0.1) is 0 Å². The number of benzene rings is 2. The number of amides is 1. The minimum atomic E-state index is -3.77. The lowest BCUT2D eigenvalue weighted by molar-refractivity contribution is -0.122. The molecule has 0 aromatic heterocycles. The standard InChI is InChI=1S/C19H21ClN2O3S/c20-16-8-10-17(11-9-16)26(24,25)22(18-12-13-21-19(18)23)14-4-7-15-5-2-1-3-6-15/h1-3,5-6,8-11,18H,4,7,12-14H2,(H,21,23).